The van der Waals surface area contributed by atoms with E-state index in [4.69, 9.17) is 5.84 Å². The van der Waals surface area contributed by atoms with Crippen molar-refractivity contribution in [3.8, 4) is 0 Å². The van der Waals surface area contributed by atoms with Crippen LogP contribution >= 0.6 is 0 Å². The lowest BCUT2D eigenvalue weighted by Crippen LogP contribution is -2.38. The third-order valence-electron chi connectivity index (χ3n) is 3.09. The largest absolute Gasteiger partial charge is 0.271 e. The first-order chi connectivity index (χ1) is 8.06. The van der Waals surface area contributed by atoms with Gasteiger partial charge in [0.15, 0.2) is 11.6 Å². The standard InChI is InChI=1S/C13H20F2N2/c1-3-9(2)6-11(17-16)7-10-4-5-12(14)13(15)8-10/h4-5,8-9,11,17H,3,6-7,16H2,1-2H3. The Hall–Kier alpha value is -1.00. The predicted octanol–water partition coefficient (Wildman–Crippen LogP) is 2.78. The molecule has 17 heavy (non-hydrogen) atoms. The molecular formula is C13H20F2N2. The van der Waals surface area contributed by atoms with Crippen molar-refractivity contribution in [1.29, 1.82) is 0 Å². The Bertz CT molecular complexity index is 355. The lowest BCUT2D eigenvalue weighted by molar-refractivity contribution is 0.395. The van der Waals surface area contributed by atoms with Crippen LogP contribution in [-0.4, -0.2) is 6.04 Å². The molecule has 2 nitrogen and oxygen atoms in total. The minimum Gasteiger partial charge on any atom is -0.271 e. The van der Waals surface area contributed by atoms with E-state index in [2.05, 4.69) is 19.3 Å². The molecule has 0 aliphatic carbocycles. The van der Waals surface area contributed by atoms with Crippen LogP contribution in [0.25, 0.3) is 0 Å². The van der Waals surface area contributed by atoms with Crippen molar-refractivity contribution >= 4 is 0 Å². The summed E-state index contributed by atoms with van der Waals surface area (Å²) in [7, 11) is 0. The first-order valence-electron chi connectivity index (χ1n) is 5.96. The molecule has 0 heterocycles. The van der Waals surface area contributed by atoms with Gasteiger partial charge in [-0.1, -0.05) is 26.3 Å². The van der Waals surface area contributed by atoms with Crippen molar-refractivity contribution in [3.05, 3.63) is 35.4 Å². The van der Waals surface area contributed by atoms with E-state index in [1.807, 2.05) is 0 Å². The number of nitrogens with two attached hydrogens (primary N) is 1. The molecule has 0 amide bonds. The summed E-state index contributed by atoms with van der Waals surface area (Å²) in [5.41, 5.74) is 3.49. The van der Waals surface area contributed by atoms with Crippen LogP contribution in [0.1, 0.15) is 32.3 Å². The molecule has 0 fully saturated rings. The molecular weight excluding hydrogens is 222 g/mol. The van der Waals surface area contributed by atoms with Crippen molar-refractivity contribution < 1.29 is 8.78 Å². The number of hydrogen-bond acceptors (Lipinski definition) is 2. The van der Waals surface area contributed by atoms with Gasteiger partial charge < -0.3 is 0 Å². The molecule has 2 unspecified atom stereocenters. The molecule has 1 rings (SSSR count). The molecule has 2 atom stereocenters. The van der Waals surface area contributed by atoms with E-state index >= 15 is 0 Å². The second kappa shape index (κ2) is 6.67. The van der Waals surface area contributed by atoms with E-state index in [0.29, 0.717) is 12.3 Å². The molecule has 3 N–H and O–H groups in total. The van der Waals surface area contributed by atoms with Crippen LogP contribution in [-0.2, 0) is 6.42 Å². The SMILES string of the molecule is CCC(C)CC(Cc1ccc(F)c(F)c1)NN. The second-order valence-electron chi connectivity index (χ2n) is 4.57. The van der Waals surface area contributed by atoms with Crippen LogP contribution < -0.4 is 11.3 Å². The Morgan fingerprint density at radius 2 is 2.00 bits per heavy atom. The van der Waals surface area contributed by atoms with Gasteiger partial charge in [-0.3, -0.25) is 11.3 Å². The van der Waals surface area contributed by atoms with Crippen molar-refractivity contribution in [1.82, 2.24) is 5.43 Å². The van der Waals surface area contributed by atoms with Gasteiger partial charge in [0, 0.05) is 6.04 Å². The maximum Gasteiger partial charge on any atom is 0.159 e. The van der Waals surface area contributed by atoms with Gasteiger partial charge >= 0.3 is 0 Å². The Morgan fingerprint density at radius 1 is 1.29 bits per heavy atom. The van der Waals surface area contributed by atoms with Crippen molar-refractivity contribution in [2.75, 3.05) is 0 Å². The Kier molecular flexibility index (Phi) is 5.51. The van der Waals surface area contributed by atoms with Crippen LogP contribution in [0.5, 0.6) is 0 Å². The predicted molar refractivity (Wildman–Crippen MR) is 65.2 cm³/mol. The van der Waals surface area contributed by atoms with Crippen LogP contribution in [0.15, 0.2) is 18.2 Å². The maximum absolute atomic E-state index is 13.0. The molecule has 0 saturated carbocycles. The number of hydrazine groups is 1. The zero-order valence-corrected chi connectivity index (χ0v) is 10.3. The van der Waals surface area contributed by atoms with Crippen molar-refractivity contribution in [2.45, 2.75) is 39.2 Å². The number of hydrogen-bond donors (Lipinski definition) is 2. The van der Waals surface area contributed by atoms with Gasteiger partial charge in [0.25, 0.3) is 0 Å². The fourth-order valence-corrected chi connectivity index (χ4v) is 1.81. The highest BCUT2D eigenvalue weighted by Gasteiger charge is 2.12. The summed E-state index contributed by atoms with van der Waals surface area (Å²) in [6.07, 6.45) is 2.61. The topological polar surface area (TPSA) is 38.0 Å². The molecule has 1 aromatic carbocycles. The fraction of sp³-hybridized carbons (Fsp3) is 0.538. The summed E-state index contributed by atoms with van der Waals surface area (Å²) >= 11 is 0. The van der Waals surface area contributed by atoms with Crippen molar-refractivity contribution in [2.24, 2.45) is 11.8 Å². The smallest absolute Gasteiger partial charge is 0.159 e. The molecule has 1 aromatic rings. The van der Waals surface area contributed by atoms with Gasteiger partial charge in [-0.05, 0) is 36.5 Å². The summed E-state index contributed by atoms with van der Waals surface area (Å²) in [5.74, 6) is 4.41. The molecule has 0 radical (unpaired) electrons. The lowest BCUT2D eigenvalue weighted by atomic mass is 9.95. The van der Waals surface area contributed by atoms with Crippen molar-refractivity contribution in [3.63, 3.8) is 0 Å². The molecule has 96 valence electrons. The molecule has 4 heteroatoms. The zero-order chi connectivity index (χ0) is 12.8. The molecule has 0 spiro atoms. The number of nitrogens with one attached hydrogen (secondary N) is 1. The number of rotatable bonds is 6. The molecule has 0 saturated heterocycles. The summed E-state index contributed by atoms with van der Waals surface area (Å²) in [4.78, 5) is 0. The van der Waals surface area contributed by atoms with E-state index in [1.165, 1.54) is 6.07 Å². The van der Waals surface area contributed by atoms with Gasteiger partial charge in [-0.15, -0.1) is 0 Å². The quantitative estimate of drug-likeness (QED) is 0.594. The average Bonchev–Trinajstić information content (AvgIpc) is 2.32. The zero-order valence-electron chi connectivity index (χ0n) is 10.3. The van der Waals surface area contributed by atoms with Gasteiger partial charge in [0.05, 0.1) is 0 Å². The lowest BCUT2D eigenvalue weighted by Gasteiger charge is -2.19. The van der Waals surface area contributed by atoms with Gasteiger partial charge in [0.1, 0.15) is 0 Å². The maximum atomic E-state index is 13.0. The van der Waals surface area contributed by atoms with E-state index in [0.717, 1.165) is 24.5 Å². The van der Waals surface area contributed by atoms with Crippen LogP contribution in [0, 0.1) is 17.6 Å². The number of benzene rings is 1. The molecule has 0 aromatic heterocycles. The summed E-state index contributed by atoms with van der Waals surface area (Å²) in [5, 5.41) is 0. The second-order valence-corrected chi connectivity index (χ2v) is 4.57. The van der Waals surface area contributed by atoms with E-state index < -0.39 is 11.6 Å². The van der Waals surface area contributed by atoms with Gasteiger partial charge in [-0.25, -0.2) is 8.78 Å². The van der Waals surface area contributed by atoms with Crippen LogP contribution in [0.2, 0.25) is 0 Å². The molecule has 0 aliphatic rings. The molecule has 0 bridgehead atoms. The minimum atomic E-state index is -0.812. The first-order valence-corrected chi connectivity index (χ1v) is 5.96. The Balaban J connectivity index is 2.63. The van der Waals surface area contributed by atoms with E-state index in [1.54, 1.807) is 6.07 Å². The summed E-state index contributed by atoms with van der Waals surface area (Å²) in [6.45, 7) is 4.27. The highest BCUT2D eigenvalue weighted by Crippen LogP contribution is 2.15. The van der Waals surface area contributed by atoms with E-state index in [-0.39, 0.29) is 6.04 Å². The summed E-state index contributed by atoms with van der Waals surface area (Å²) in [6, 6.07) is 4.08. The Morgan fingerprint density at radius 3 is 2.53 bits per heavy atom. The Labute approximate surface area is 101 Å². The fourth-order valence-electron chi connectivity index (χ4n) is 1.81. The highest BCUT2D eigenvalue weighted by molar-refractivity contribution is 5.18. The normalized spacial score (nSPS) is 14.6. The third kappa shape index (κ3) is 4.40. The minimum absolute atomic E-state index is 0.0924. The molecule has 0 aliphatic heterocycles. The average molecular weight is 242 g/mol. The van der Waals surface area contributed by atoms with Crippen LogP contribution in [0.3, 0.4) is 0 Å². The highest BCUT2D eigenvalue weighted by atomic mass is 19.2. The first kappa shape index (κ1) is 14.1. The van der Waals surface area contributed by atoms with E-state index in [9.17, 15) is 8.78 Å². The third-order valence-corrected chi connectivity index (χ3v) is 3.09. The summed E-state index contributed by atoms with van der Waals surface area (Å²) < 4.78 is 25.8. The van der Waals surface area contributed by atoms with Gasteiger partial charge in [-0.2, -0.15) is 0 Å². The van der Waals surface area contributed by atoms with Crippen LogP contribution in [0.4, 0.5) is 8.78 Å². The van der Waals surface area contributed by atoms with Gasteiger partial charge in [0.2, 0.25) is 0 Å². The monoisotopic (exact) mass is 242 g/mol. The number of halogens is 2.